The second-order valence-electron chi connectivity index (χ2n) is 5.46. The molecule has 0 bridgehead atoms. The zero-order valence-corrected chi connectivity index (χ0v) is 12.0. The van der Waals surface area contributed by atoms with E-state index in [1.165, 1.54) is 0 Å². The monoisotopic (exact) mass is 277 g/mol. The van der Waals surface area contributed by atoms with Crippen LogP contribution < -0.4 is 10.1 Å². The van der Waals surface area contributed by atoms with Crippen molar-refractivity contribution in [3.63, 3.8) is 0 Å². The number of benzene rings is 1. The molecule has 2 N–H and O–H groups in total. The van der Waals surface area contributed by atoms with Crippen LogP contribution in [0.2, 0.25) is 0 Å². The van der Waals surface area contributed by atoms with Gasteiger partial charge in [-0.2, -0.15) is 0 Å². The molecule has 0 aliphatic heterocycles. The maximum atomic E-state index is 11.9. The van der Waals surface area contributed by atoms with Crippen molar-refractivity contribution in [1.29, 1.82) is 0 Å². The number of hydrogen-bond donors (Lipinski definition) is 2. The molecule has 1 aliphatic rings. The molecule has 0 atom stereocenters. The van der Waals surface area contributed by atoms with Crippen molar-refractivity contribution < 1.29 is 14.6 Å². The first-order chi connectivity index (χ1) is 9.61. The van der Waals surface area contributed by atoms with Crippen molar-refractivity contribution in [3.8, 4) is 5.75 Å². The molecule has 110 valence electrons. The predicted octanol–water partition coefficient (Wildman–Crippen LogP) is 2.05. The average molecular weight is 277 g/mol. The normalized spacial score (nSPS) is 16.9. The Morgan fingerprint density at radius 3 is 2.55 bits per heavy atom. The number of amides is 1. The van der Waals surface area contributed by atoms with Crippen molar-refractivity contribution in [2.24, 2.45) is 0 Å². The number of rotatable bonds is 6. The molecule has 2 rings (SSSR count). The molecule has 0 spiro atoms. The fraction of sp³-hybridized carbons (Fsp3) is 0.562. The third kappa shape index (κ3) is 4.23. The first-order valence-corrected chi connectivity index (χ1v) is 7.32. The van der Waals surface area contributed by atoms with Crippen LogP contribution in [0, 0.1) is 0 Å². The summed E-state index contributed by atoms with van der Waals surface area (Å²) in [7, 11) is 0. The van der Waals surface area contributed by atoms with Gasteiger partial charge in [0.25, 0.3) is 0 Å². The van der Waals surface area contributed by atoms with E-state index >= 15 is 0 Å². The van der Waals surface area contributed by atoms with Gasteiger partial charge in [0.2, 0.25) is 5.91 Å². The summed E-state index contributed by atoms with van der Waals surface area (Å²) in [5.74, 6) is 0.770. The lowest BCUT2D eigenvalue weighted by molar-refractivity contribution is -0.121. The highest BCUT2D eigenvalue weighted by atomic mass is 16.5. The third-order valence-corrected chi connectivity index (χ3v) is 3.75. The first kappa shape index (κ1) is 14.9. The quantitative estimate of drug-likeness (QED) is 0.836. The Balaban J connectivity index is 1.79. The lowest BCUT2D eigenvalue weighted by Crippen LogP contribution is -2.41. The summed E-state index contributed by atoms with van der Waals surface area (Å²) >= 11 is 0. The van der Waals surface area contributed by atoms with Gasteiger partial charge in [0.15, 0.2) is 0 Å². The highest BCUT2D eigenvalue weighted by molar-refractivity contribution is 5.78. The van der Waals surface area contributed by atoms with Gasteiger partial charge < -0.3 is 15.2 Å². The number of ether oxygens (including phenoxy) is 1. The number of carbonyl (C=O) groups is 1. The fourth-order valence-corrected chi connectivity index (χ4v) is 2.59. The summed E-state index contributed by atoms with van der Waals surface area (Å²) in [6.07, 6.45) is 4.01. The number of carbonyl (C=O) groups excluding carboxylic acids is 1. The van der Waals surface area contributed by atoms with Crippen LogP contribution in [0.5, 0.6) is 5.75 Å². The predicted molar refractivity (Wildman–Crippen MR) is 77.7 cm³/mol. The van der Waals surface area contributed by atoms with Gasteiger partial charge in [-0.3, -0.25) is 4.79 Å². The Bertz CT molecular complexity index is 436. The topological polar surface area (TPSA) is 58.6 Å². The molecule has 20 heavy (non-hydrogen) atoms. The van der Waals surface area contributed by atoms with Gasteiger partial charge in [-0.1, -0.05) is 25.0 Å². The van der Waals surface area contributed by atoms with Gasteiger partial charge in [0.05, 0.1) is 18.6 Å². The summed E-state index contributed by atoms with van der Waals surface area (Å²) in [5, 5.41) is 13.0. The van der Waals surface area contributed by atoms with Crippen molar-refractivity contribution in [2.75, 3.05) is 13.2 Å². The maximum absolute atomic E-state index is 11.9. The van der Waals surface area contributed by atoms with E-state index in [0.717, 1.165) is 37.0 Å². The highest BCUT2D eigenvalue weighted by Gasteiger charge is 2.31. The van der Waals surface area contributed by atoms with Crippen LogP contribution in [0.15, 0.2) is 24.3 Å². The second-order valence-corrected chi connectivity index (χ2v) is 5.46. The van der Waals surface area contributed by atoms with Crippen LogP contribution in [-0.4, -0.2) is 29.8 Å². The molecule has 0 heterocycles. The molecular weight excluding hydrogens is 254 g/mol. The third-order valence-electron chi connectivity index (χ3n) is 3.75. The molecule has 0 aromatic heterocycles. The summed E-state index contributed by atoms with van der Waals surface area (Å²) in [6.45, 7) is 2.94. The minimum Gasteiger partial charge on any atom is -0.494 e. The van der Waals surface area contributed by atoms with Crippen LogP contribution in [-0.2, 0) is 11.2 Å². The Hall–Kier alpha value is -1.55. The van der Waals surface area contributed by atoms with E-state index in [9.17, 15) is 9.90 Å². The molecule has 1 fully saturated rings. The van der Waals surface area contributed by atoms with Crippen LogP contribution in [0.1, 0.15) is 38.2 Å². The molecule has 1 amide bonds. The molecule has 4 heteroatoms. The smallest absolute Gasteiger partial charge is 0.224 e. The van der Waals surface area contributed by atoms with Gasteiger partial charge in [0.1, 0.15) is 5.75 Å². The molecule has 1 saturated carbocycles. The van der Waals surface area contributed by atoms with Crippen LogP contribution in [0.3, 0.4) is 0 Å². The van der Waals surface area contributed by atoms with Crippen molar-refractivity contribution in [3.05, 3.63) is 29.8 Å². The Kier molecular flexibility index (Phi) is 5.01. The first-order valence-electron chi connectivity index (χ1n) is 7.32. The van der Waals surface area contributed by atoms with Gasteiger partial charge in [0, 0.05) is 6.54 Å². The van der Waals surface area contributed by atoms with E-state index in [1.807, 2.05) is 31.2 Å². The summed E-state index contributed by atoms with van der Waals surface area (Å²) < 4.78 is 5.36. The van der Waals surface area contributed by atoms with E-state index in [0.29, 0.717) is 19.6 Å². The zero-order valence-electron chi connectivity index (χ0n) is 12.0. The summed E-state index contributed by atoms with van der Waals surface area (Å²) in [5.41, 5.74) is 0.262. The molecule has 0 unspecified atom stereocenters. The molecule has 1 aliphatic carbocycles. The van der Waals surface area contributed by atoms with E-state index in [-0.39, 0.29) is 5.91 Å². The van der Waals surface area contributed by atoms with Crippen molar-refractivity contribution in [2.45, 2.75) is 44.6 Å². The van der Waals surface area contributed by atoms with Gasteiger partial charge >= 0.3 is 0 Å². The maximum Gasteiger partial charge on any atom is 0.224 e. The zero-order chi connectivity index (χ0) is 14.4. The van der Waals surface area contributed by atoms with Crippen molar-refractivity contribution >= 4 is 5.91 Å². The van der Waals surface area contributed by atoms with E-state index < -0.39 is 5.60 Å². The van der Waals surface area contributed by atoms with Crippen molar-refractivity contribution in [1.82, 2.24) is 5.32 Å². The molecule has 0 saturated heterocycles. The van der Waals surface area contributed by atoms with Crippen LogP contribution >= 0.6 is 0 Å². The highest BCUT2D eigenvalue weighted by Crippen LogP contribution is 2.28. The number of aliphatic hydroxyl groups is 1. The minimum atomic E-state index is -0.686. The van der Waals surface area contributed by atoms with Crippen LogP contribution in [0.4, 0.5) is 0 Å². The molecule has 0 radical (unpaired) electrons. The lowest BCUT2D eigenvalue weighted by Gasteiger charge is -2.22. The van der Waals surface area contributed by atoms with E-state index in [1.54, 1.807) is 0 Å². The Morgan fingerprint density at radius 1 is 1.30 bits per heavy atom. The molecule has 1 aromatic rings. The molecule has 4 nitrogen and oxygen atoms in total. The molecule has 1 aromatic carbocycles. The fourth-order valence-electron chi connectivity index (χ4n) is 2.59. The van der Waals surface area contributed by atoms with Gasteiger partial charge in [-0.25, -0.2) is 0 Å². The minimum absolute atomic E-state index is 0.0468. The van der Waals surface area contributed by atoms with Gasteiger partial charge in [-0.05, 0) is 37.5 Å². The number of hydrogen-bond acceptors (Lipinski definition) is 3. The van der Waals surface area contributed by atoms with E-state index in [2.05, 4.69) is 5.32 Å². The Labute approximate surface area is 120 Å². The average Bonchev–Trinajstić information content (AvgIpc) is 2.87. The van der Waals surface area contributed by atoms with Gasteiger partial charge in [-0.15, -0.1) is 0 Å². The standard InChI is InChI=1S/C16H23NO3/c1-2-20-14-7-5-13(6-8-14)11-15(18)17-12-16(19)9-3-4-10-16/h5-8,19H,2-4,9-12H2,1H3,(H,17,18). The molecular formula is C16H23NO3. The number of nitrogens with one attached hydrogen (secondary N) is 1. The SMILES string of the molecule is CCOc1ccc(CC(=O)NCC2(O)CCCC2)cc1. The summed E-state index contributed by atoms with van der Waals surface area (Å²) in [4.78, 5) is 11.9. The van der Waals surface area contributed by atoms with Crippen LogP contribution in [0.25, 0.3) is 0 Å². The van der Waals surface area contributed by atoms with E-state index in [4.69, 9.17) is 4.74 Å². The lowest BCUT2D eigenvalue weighted by atomic mass is 10.0. The Morgan fingerprint density at radius 2 is 1.95 bits per heavy atom. The second kappa shape index (κ2) is 6.75. The summed E-state index contributed by atoms with van der Waals surface area (Å²) in [6, 6.07) is 7.54. The largest absolute Gasteiger partial charge is 0.494 e.